The first-order chi connectivity index (χ1) is 8.74. The first kappa shape index (κ1) is 11.0. The summed E-state index contributed by atoms with van der Waals surface area (Å²) >= 11 is 1.32. The number of aromatic amines is 1. The van der Waals surface area contributed by atoms with Crippen molar-refractivity contribution in [3.05, 3.63) is 53.0 Å². The molecule has 90 valence electrons. The molecule has 0 aliphatic heterocycles. The van der Waals surface area contributed by atoms with Crippen molar-refractivity contribution >= 4 is 17.4 Å². The molecule has 0 saturated carbocycles. The quantitative estimate of drug-likeness (QED) is 0.763. The lowest BCUT2D eigenvalue weighted by Crippen LogP contribution is -2.08. The predicted molar refractivity (Wildman–Crippen MR) is 64.1 cm³/mol. The highest BCUT2D eigenvalue weighted by Crippen LogP contribution is 2.27. The summed E-state index contributed by atoms with van der Waals surface area (Å²) in [5.74, 6) is -0.290. The van der Waals surface area contributed by atoms with Crippen molar-refractivity contribution in [2.24, 2.45) is 0 Å². The van der Waals surface area contributed by atoms with Gasteiger partial charge in [-0.2, -0.15) is 0 Å². The molecular weight excluding hydrogens is 255 g/mol. The highest BCUT2D eigenvalue weighted by atomic mass is 32.2. The molecule has 0 spiro atoms. The maximum atomic E-state index is 12.8. The Bertz CT molecular complexity index is 750. The lowest BCUT2D eigenvalue weighted by atomic mass is 10.4. The van der Waals surface area contributed by atoms with Crippen LogP contribution in [0, 0.1) is 5.82 Å². The van der Waals surface area contributed by atoms with Crippen LogP contribution in [0.3, 0.4) is 0 Å². The molecule has 0 saturated heterocycles. The first-order valence-electron chi connectivity index (χ1n) is 5.09. The normalized spacial score (nSPS) is 10.9. The van der Waals surface area contributed by atoms with E-state index in [2.05, 4.69) is 15.2 Å². The molecule has 2 heterocycles. The van der Waals surface area contributed by atoms with Gasteiger partial charge in [-0.15, -0.1) is 5.10 Å². The third-order valence-electron chi connectivity index (χ3n) is 2.33. The molecule has 5 nitrogen and oxygen atoms in total. The number of rotatable bonds is 2. The van der Waals surface area contributed by atoms with Gasteiger partial charge in [0, 0.05) is 17.3 Å². The van der Waals surface area contributed by atoms with Crippen molar-refractivity contribution in [2.75, 3.05) is 0 Å². The van der Waals surface area contributed by atoms with E-state index in [1.807, 2.05) is 0 Å². The summed E-state index contributed by atoms with van der Waals surface area (Å²) in [5, 5.41) is 6.84. The molecular formula is C11H7FN4OS. The Labute approximate surface area is 105 Å². The standard InChI is InChI=1S/C11H7FN4OS/c12-7-1-3-8(4-2-7)18-10-9-14-15-11(17)16(9)6-5-13-10/h1-6H,(H,15,17). The van der Waals surface area contributed by atoms with Gasteiger partial charge in [-0.05, 0) is 24.3 Å². The van der Waals surface area contributed by atoms with E-state index >= 15 is 0 Å². The SMILES string of the molecule is O=c1[nH]nc2c(Sc3ccc(F)cc3)nccn12. The maximum Gasteiger partial charge on any atom is 0.347 e. The number of nitrogens with zero attached hydrogens (tertiary/aromatic N) is 3. The summed E-state index contributed by atoms with van der Waals surface area (Å²) < 4.78 is 14.2. The Hall–Kier alpha value is -2.15. The molecule has 0 unspecified atom stereocenters. The second-order valence-electron chi connectivity index (χ2n) is 3.51. The number of nitrogens with one attached hydrogen (secondary N) is 1. The van der Waals surface area contributed by atoms with Gasteiger partial charge < -0.3 is 0 Å². The number of hydrogen-bond donors (Lipinski definition) is 1. The van der Waals surface area contributed by atoms with Crippen molar-refractivity contribution in [3.8, 4) is 0 Å². The van der Waals surface area contributed by atoms with E-state index < -0.39 is 0 Å². The fourth-order valence-corrected chi connectivity index (χ4v) is 2.35. The Balaban J connectivity index is 2.04. The van der Waals surface area contributed by atoms with Crippen LogP contribution in [0.25, 0.3) is 5.65 Å². The zero-order valence-electron chi connectivity index (χ0n) is 9.00. The topological polar surface area (TPSA) is 63.0 Å². The fraction of sp³-hybridized carbons (Fsp3) is 0. The third-order valence-corrected chi connectivity index (χ3v) is 3.32. The van der Waals surface area contributed by atoms with Crippen LogP contribution in [0.15, 0.2) is 51.4 Å². The summed E-state index contributed by atoms with van der Waals surface area (Å²) in [5.41, 5.74) is 0.144. The van der Waals surface area contributed by atoms with Crippen molar-refractivity contribution < 1.29 is 4.39 Å². The zero-order valence-corrected chi connectivity index (χ0v) is 9.82. The molecule has 1 aromatic carbocycles. The van der Waals surface area contributed by atoms with E-state index in [1.54, 1.807) is 12.1 Å². The molecule has 1 N–H and O–H groups in total. The molecule has 18 heavy (non-hydrogen) atoms. The lowest BCUT2D eigenvalue weighted by Gasteiger charge is -2.01. The summed E-state index contributed by atoms with van der Waals surface area (Å²) in [6.45, 7) is 0. The second-order valence-corrected chi connectivity index (χ2v) is 4.57. The number of hydrogen-bond acceptors (Lipinski definition) is 4. The molecule has 0 amide bonds. The van der Waals surface area contributed by atoms with Gasteiger partial charge in [-0.1, -0.05) is 11.8 Å². The highest BCUT2D eigenvalue weighted by Gasteiger charge is 2.08. The molecule has 0 fully saturated rings. The Morgan fingerprint density at radius 1 is 1.28 bits per heavy atom. The minimum Gasteiger partial charge on any atom is -0.247 e. The number of halogens is 1. The molecule has 7 heteroatoms. The van der Waals surface area contributed by atoms with Gasteiger partial charge in [0.05, 0.1) is 0 Å². The van der Waals surface area contributed by atoms with Gasteiger partial charge in [0.25, 0.3) is 0 Å². The van der Waals surface area contributed by atoms with Gasteiger partial charge in [0.1, 0.15) is 10.8 Å². The number of fused-ring (bicyclic) bond motifs is 1. The number of benzene rings is 1. The van der Waals surface area contributed by atoms with Crippen LogP contribution in [0.4, 0.5) is 4.39 Å². The fourth-order valence-electron chi connectivity index (χ4n) is 1.51. The lowest BCUT2D eigenvalue weighted by molar-refractivity contribution is 0.626. The van der Waals surface area contributed by atoms with Crippen LogP contribution in [0.1, 0.15) is 0 Å². The molecule has 0 aliphatic carbocycles. The molecule has 3 aromatic rings. The zero-order chi connectivity index (χ0) is 12.5. The summed E-state index contributed by atoms with van der Waals surface area (Å²) in [6, 6.07) is 6.05. The van der Waals surface area contributed by atoms with Crippen LogP contribution in [-0.2, 0) is 0 Å². The Morgan fingerprint density at radius 2 is 2.06 bits per heavy atom. The van der Waals surface area contributed by atoms with Crippen molar-refractivity contribution in [1.82, 2.24) is 19.6 Å². The van der Waals surface area contributed by atoms with Crippen LogP contribution in [-0.4, -0.2) is 19.6 Å². The largest absolute Gasteiger partial charge is 0.347 e. The molecule has 0 bridgehead atoms. The number of aromatic nitrogens is 4. The van der Waals surface area contributed by atoms with Gasteiger partial charge in [-0.25, -0.2) is 23.7 Å². The van der Waals surface area contributed by atoms with E-state index in [4.69, 9.17) is 0 Å². The average Bonchev–Trinajstić information content (AvgIpc) is 2.76. The summed E-state index contributed by atoms with van der Waals surface area (Å²) in [7, 11) is 0. The van der Waals surface area contributed by atoms with Crippen LogP contribution in [0.5, 0.6) is 0 Å². The van der Waals surface area contributed by atoms with Crippen LogP contribution in [0.2, 0.25) is 0 Å². The van der Waals surface area contributed by atoms with E-state index in [9.17, 15) is 9.18 Å². The van der Waals surface area contributed by atoms with Crippen LogP contribution >= 0.6 is 11.8 Å². The van der Waals surface area contributed by atoms with E-state index in [0.717, 1.165) is 4.90 Å². The maximum absolute atomic E-state index is 12.8. The van der Waals surface area contributed by atoms with Gasteiger partial charge >= 0.3 is 5.69 Å². The molecule has 0 radical (unpaired) electrons. The Kier molecular flexibility index (Phi) is 2.60. The molecule has 0 aliphatic rings. The van der Waals surface area contributed by atoms with E-state index in [-0.39, 0.29) is 11.5 Å². The van der Waals surface area contributed by atoms with E-state index in [1.165, 1.54) is 40.7 Å². The van der Waals surface area contributed by atoms with E-state index in [0.29, 0.717) is 10.7 Å². The summed E-state index contributed by atoms with van der Waals surface area (Å²) in [4.78, 5) is 16.4. The first-order valence-corrected chi connectivity index (χ1v) is 5.91. The predicted octanol–water partition coefficient (Wildman–Crippen LogP) is 1.71. The third kappa shape index (κ3) is 1.88. The molecule has 3 rings (SSSR count). The smallest absolute Gasteiger partial charge is 0.247 e. The monoisotopic (exact) mass is 262 g/mol. The van der Waals surface area contributed by atoms with Crippen LogP contribution < -0.4 is 5.69 Å². The van der Waals surface area contributed by atoms with Crippen molar-refractivity contribution in [2.45, 2.75) is 9.92 Å². The van der Waals surface area contributed by atoms with Gasteiger partial charge in [-0.3, -0.25) is 0 Å². The van der Waals surface area contributed by atoms with Crippen molar-refractivity contribution in [1.29, 1.82) is 0 Å². The minimum absolute atomic E-state index is 0.290. The van der Waals surface area contributed by atoms with Crippen molar-refractivity contribution in [3.63, 3.8) is 0 Å². The average molecular weight is 262 g/mol. The summed E-state index contributed by atoms with van der Waals surface area (Å²) in [6.07, 6.45) is 3.06. The molecule has 0 atom stereocenters. The Morgan fingerprint density at radius 3 is 2.83 bits per heavy atom. The molecule has 2 aromatic heterocycles. The van der Waals surface area contributed by atoms with Gasteiger partial charge in [0.2, 0.25) is 0 Å². The minimum atomic E-state index is -0.312. The van der Waals surface area contributed by atoms with Gasteiger partial charge in [0.15, 0.2) is 5.65 Å². The second kappa shape index (κ2) is 4.26. The highest BCUT2D eigenvalue weighted by molar-refractivity contribution is 7.99. The number of H-pyrrole nitrogens is 1.